The van der Waals surface area contributed by atoms with Gasteiger partial charge in [0.2, 0.25) is 0 Å². The van der Waals surface area contributed by atoms with Crippen LogP contribution in [0, 0.1) is 0 Å². The van der Waals surface area contributed by atoms with Gasteiger partial charge in [0.1, 0.15) is 0 Å². The van der Waals surface area contributed by atoms with Crippen molar-refractivity contribution in [1.82, 2.24) is 10.2 Å². The number of nitrogens with one attached hydrogen (secondary N) is 1. The second-order valence-corrected chi connectivity index (χ2v) is 5.68. The Labute approximate surface area is 106 Å². The molecule has 3 nitrogen and oxygen atoms in total. The van der Waals surface area contributed by atoms with Crippen LogP contribution in [0.5, 0.6) is 0 Å². The van der Waals surface area contributed by atoms with Crippen LogP contribution in [0.1, 0.15) is 46.5 Å². The van der Waals surface area contributed by atoms with Crippen molar-refractivity contribution in [3.63, 3.8) is 0 Å². The van der Waals surface area contributed by atoms with E-state index in [1.165, 1.54) is 19.4 Å². The van der Waals surface area contributed by atoms with E-state index in [1.807, 2.05) is 0 Å². The van der Waals surface area contributed by atoms with Gasteiger partial charge in [0.05, 0.1) is 12.2 Å². The van der Waals surface area contributed by atoms with E-state index in [2.05, 4.69) is 31.0 Å². The molecule has 100 valence electrons. The predicted molar refractivity (Wildman–Crippen MR) is 71.3 cm³/mol. The van der Waals surface area contributed by atoms with Crippen LogP contribution in [-0.2, 0) is 4.74 Å². The van der Waals surface area contributed by atoms with Crippen molar-refractivity contribution in [3.05, 3.63) is 0 Å². The molecule has 4 unspecified atom stereocenters. The van der Waals surface area contributed by atoms with Crippen LogP contribution in [-0.4, -0.2) is 48.8 Å². The molecule has 2 aliphatic heterocycles. The first-order valence-corrected chi connectivity index (χ1v) is 7.35. The zero-order valence-corrected chi connectivity index (χ0v) is 11.6. The number of ether oxygens (including phenoxy) is 1. The zero-order valence-electron chi connectivity index (χ0n) is 11.6. The van der Waals surface area contributed by atoms with Crippen molar-refractivity contribution in [2.45, 2.75) is 70.7 Å². The Balaban J connectivity index is 1.93. The molecule has 0 aliphatic carbocycles. The van der Waals surface area contributed by atoms with Crippen LogP contribution in [0.2, 0.25) is 0 Å². The Bertz CT molecular complexity index is 222. The maximum Gasteiger partial charge on any atom is 0.0703 e. The Morgan fingerprint density at radius 3 is 2.35 bits per heavy atom. The van der Waals surface area contributed by atoms with Crippen molar-refractivity contribution in [2.24, 2.45) is 0 Å². The van der Waals surface area contributed by atoms with Gasteiger partial charge in [0.25, 0.3) is 0 Å². The number of morpholine rings is 1. The van der Waals surface area contributed by atoms with Gasteiger partial charge >= 0.3 is 0 Å². The SMILES string of the molecule is CCC1CN(C2CCNC(C)C2)CC(CC)O1. The summed E-state index contributed by atoms with van der Waals surface area (Å²) >= 11 is 0. The summed E-state index contributed by atoms with van der Waals surface area (Å²) in [5.74, 6) is 0. The lowest BCUT2D eigenvalue weighted by Gasteiger charge is -2.44. The minimum absolute atomic E-state index is 0.457. The highest BCUT2D eigenvalue weighted by atomic mass is 16.5. The van der Waals surface area contributed by atoms with E-state index in [0.717, 1.165) is 32.0 Å². The molecule has 0 aromatic rings. The first kappa shape index (κ1) is 13.3. The normalized spacial score (nSPS) is 40.4. The fourth-order valence-corrected chi connectivity index (χ4v) is 3.14. The molecule has 0 radical (unpaired) electrons. The highest BCUT2D eigenvalue weighted by Crippen LogP contribution is 2.23. The summed E-state index contributed by atoms with van der Waals surface area (Å²) in [7, 11) is 0. The van der Waals surface area contributed by atoms with Gasteiger partial charge in [-0.3, -0.25) is 4.90 Å². The second-order valence-electron chi connectivity index (χ2n) is 5.68. The number of hydrogen-bond acceptors (Lipinski definition) is 3. The molecule has 4 atom stereocenters. The predicted octanol–water partition coefficient (Wildman–Crippen LogP) is 2.02. The van der Waals surface area contributed by atoms with Gasteiger partial charge in [-0.2, -0.15) is 0 Å². The van der Waals surface area contributed by atoms with Gasteiger partial charge in [-0.25, -0.2) is 0 Å². The third-order valence-corrected chi connectivity index (χ3v) is 4.28. The van der Waals surface area contributed by atoms with Gasteiger partial charge in [0, 0.05) is 25.2 Å². The molecule has 0 saturated carbocycles. The molecular weight excluding hydrogens is 212 g/mol. The Hall–Kier alpha value is -0.120. The van der Waals surface area contributed by atoms with Gasteiger partial charge < -0.3 is 10.1 Å². The van der Waals surface area contributed by atoms with E-state index in [1.54, 1.807) is 0 Å². The summed E-state index contributed by atoms with van der Waals surface area (Å²) < 4.78 is 6.08. The molecule has 0 spiro atoms. The Morgan fingerprint density at radius 2 is 1.82 bits per heavy atom. The molecular formula is C14H28N2O. The van der Waals surface area contributed by atoms with Gasteiger partial charge in [-0.1, -0.05) is 13.8 Å². The minimum atomic E-state index is 0.457. The van der Waals surface area contributed by atoms with Crippen LogP contribution in [0.4, 0.5) is 0 Å². The molecule has 3 heteroatoms. The average molecular weight is 240 g/mol. The summed E-state index contributed by atoms with van der Waals surface area (Å²) in [6.07, 6.45) is 5.81. The monoisotopic (exact) mass is 240 g/mol. The van der Waals surface area contributed by atoms with Gasteiger partial charge in [-0.05, 0) is 39.2 Å². The molecule has 0 amide bonds. The molecule has 2 heterocycles. The van der Waals surface area contributed by atoms with Gasteiger partial charge in [-0.15, -0.1) is 0 Å². The first-order chi connectivity index (χ1) is 8.22. The molecule has 0 bridgehead atoms. The maximum absolute atomic E-state index is 6.08. The second kappa shape index (κ2) is 6.17. The third kappa shape index (κ3) is 3.43. The minimum Gasteiger partial charge on any atom is -0.372 e. The van der Waals surface area contributed by atoms with Crippen LogP contribution < -0.4 is 5.32 Å². The molecule has 2 rings (SSSR count). The van der Waals surface area contributed by atoms with E-state index in [4.69, 9.17) is 4.74 Å². The third-order valence-electron chi connectivity index (χ3n) is 4.28. The van der Waals surface area contributed by atoms with E-state index < -0.39 is 0 Å². The van der Waals surface area contributed by atoms with E-state index in [9.17, 15) is 0 Å². The van der Waals surface area contributed by atoms with Crippen LogP contribution >= 0.6 is 0 Å². The summed E-state index contributed by atoms with van der Waals surface area (Å²) in [6.45, 7) is 10.3. The van der Waals surface area contributed by atoms with Crippen molar-refractivity contribution >= 4 is 0 Å². The van der Waals surface area contributed by atoms with Crippen molar-refractivity contribution in [2.75, 3.05) is 19.6 Å². The molecule has 2 aliphatic rings. The lowest BCUT2D eigenvalue weighted by atomic mass is 9.97. The van der Waals surface area contributed by atoms with E-state index >= 15 is 0 Å². The van der Waals surface area contributed by atoms with Crippen LogP contribution in [0.15, 0.2) is 0 Å². The Morgan fingerprint density at radius 1 is 1.18 bits per heavy atom. The lowest BCUT2D eigenvalue weighted by Crippen LogP contribution is -2.55. The van der Waals surface area contributed by atoms with Crippen LogP contribution in [0.3, 0.4) is 0 Å². The number of rotatable bonds is 3. The van der Waals surface area contributed by atoms with Crippen molar-refractivity contribution in [3.8, 4) is 0 Å². The molecule has 0 aromatic carbocycles. The fraction of sp³-hybridized carbons (Fsp3) is 1.00. The van der Waals surface area contributed by atoms with Gasteiger partial charge in [0.15, 0.2) is 0 Å². The largest absolute Gasteiger partial charge is 0.372 e. The summed E-state index contributed by atoms with van der Waals surface area (Å²) in [5.41, 5.74) is 0. The zero-order chi connectivity index (χ0) is 12.3. The maximum atomic E-state index is 6.08. The highest BCUT2D eigenvalue weighted by molar-refractivity contribution is 4.87. The van der Waals surface area contributed by atoms with E-state index in [0.29, 0.717) is 18.2 Å². The standard InChI is InChI=1S/C14H28N2O/c1-4-13-9-16(10-14(5-2)17-13)12-6-7-15-11(3)8-12/h11-15H,4-10H2,1-3H3. The fourth-order valence-electron chi connectivity index (χ4n) is 3.14. The summed E-state index contributed by atoms with van der Waals surface area (Å²) in [5, 5.41) is 3.54. The first-order valence-electron chi connectivity index (χ1n) is 7.35. The summed E-state index contributed by atoms with van der Waals surface area (Å²) in [6, 6.07) is 1.45. The average Bonchev–Trinajstić information content (AvgIpc) is 2.38. The quantitative estimate of drug-likeness (QED) is 0.817. The smallest absolute Gasteiger partial charge is 0.0703 e. The van der Waals surface area contributed by atoms with E-state index in [-0.39, 0.29) is 0 Å². The molecule has 0 aromatic heterocycles. The number of hydrogen-bond donors (Lipinski definition) is 1. The topological polar surface area (TPSA) is 24.5 Å². The molecule has 2 fully saturated rings. The Kier molecular flexibility index (Phi) is 4.83. The van der Waals surface area contributed by atoms with Crippen LogP contribution in [0.25, 0.3) is 0 Å². The van der Waals surface area contributed by atoms with Crippen molar-refractivity contribution in [1.29, 1.82) is 0 Å². The molecule has 2 saturated heterocycles. The number of piperidine rings is 1. The molecule has 17 heavy (non-hydrogen) atoms. The van der Waals surface area contributed by atoms with Crippen molar-refractivity contribution < 1.29 is 4.74 Å². The summed E-state index contributed by atoms with van der Waals surface area (Å²) in [4.78, 5) is 2.70. The number of nitrogens with zero attached hydrogens (tertiary/aromatic N) is 1. The molecule has 1 N–H and O–H groups in total. The lowest BCUT2D eigenvalue weighted by molar-refractivity contribution is -0.102. The highest BCUT2D eigenvalue weighted by Gasteiger charge is 2.32.